The van der Waals surface area contributed by atoms with Crippen LogP contribution in [-0.4, -0.2) is 24.5 Å². The Morgan fingerprint density at radius 3 is 1.54 bits per heavy atom. The second-order valence-corrected chi connectivity index (χ2v) is 13.4. The lowest BCUT2D eigenvalue weighted by molar-refractivity contribution is 0.429. The first-order valence-electron chi connectivity index (χ1n) is 11.5. The van der Waals surface area contributed by atoms with Crippen molar-refractivity contribution in [3.05, 3.63) is 35.9 Å². The summed E-state index contributed by atoms with van der Waals surface area (Å²) in [6.07, 6.45) is 20.2. The van der Waals surface area contributed by atoms with Gasteiger partial charge in [0.2, 0.25) is 0 Å². The molecule has 26 heavy (non-hydrogen) atoms. The molecule has 3 aliphatic rings. The van der Waals surface area contributed by atoms with Crippen LogP contribution < -0.4 is 0 Å². The number of rotatable bonds is 4. The van der Waals surface area contributed by atoms with Crippen molar-refractivity contribution < 1.29 is 0 Å². The summed E-state index contributed by atoms with van der Waals surface area (Å²) < 4.78 is 0. The average Bonchev–Trinajstić information content (AvgIpc) is 2.75. The molecule has 0 saturated heterocycles. The summed E-state index contributed by atoms with van der Waals surface area (Å²) >= 11 is 0. The molecule has 0 N–H and O–H groups in total. The first-order chi connectivity index (χ1) is 12.8. The van der Waals surface area contributed by atoms with Crippen LogP contribution in [0.1, 0.15) is 101 Å². The van der Waals surface area contributed by atoms with E-state index in [0.29, 0.717) is 0 Å². The van der Waals surface area contributed by atoms with Crippen LogP contribution in [-0.2, 0) is 0 Å². The summed E-state index contributed by atoms with van der Waals surface area (Å²) in [6, 6.07) is 11.3. The van der Waals surface area contributed by atoms with E-state index in [1.165, 1.54) is 89.9 Å². The molecule has 0 spiro atoms. The Hall–Kier alpha value is -0.285. The zero-order valence-electron chi connectivity index (χ0n) is 16.6. The SMILES string of the molecule is [B][P+](C1CCCCC1)(C1CCCCC1)C1CCC(c2ccccc2)CC1. The lowest BCUT2D eigenvalue weighted by atomic mass is 9.84. The normalized spacial score (nSPS) is 29.5. The van der Waals surface area contributed by atoms with Crippen molar-refractivity contribution in [2.75, 3.05) is 0 Å². The maximum atomic E-state index is 7.62. The summed E-state index contributed by atoms with van der Waals surface area (Å²) in [4.78, 5) is 0. The summed E-state index contributed by atoms with van der Waals surface area (Å²) in [5, 5.41) is 0. The highest BCUT2D eigenvalue weighted by Crippen LogP contribution is 2.74. The molecule has 0 atom stereocenters. The fourth-order valence-electron chi connectivity index (χ4n) is 6.53. The lowest BCUT2D eigenvalue weighted by Gasteiger charge is -2.48. The van der Waals surface area contributed by atoms with E-state index in [1.807, 2.05) is 0 Å². The second kappa shape index (κ2) is 8.81. The third-order valence-corrected chi connectivity index (χ3v) is 13.4. The fraction of sp³-hybridized carbons (Fsp3) is 0.750. The topological polar surface area (TPSA) is 0 Å². The van der Waals surface area contributed by atoms with Gasteiger partial charge in [-0.2, -0.15) is 0 Å². The van der Waals surface area contributed by atoms with Gasteiger partial charge in [0.05, 0.1) is 17.0 Å². The molecule has 4 rings (SSSR count). The first kappa shape index (κ1) is 19.0. The van der Waals surface area contributed by atoms with E-state index in [1.54, 1.807) is 5.56 Å². The fourth-order valence-corrected chi connectivity index (χ4v) is 12.0. The van der Waals surface area contributed by atoms with Crippen LogP contribution in [0, 0.1) is 0 Å². The zero-order valence-corrected chi connectivity index (χ0v) is 17.5. The highest BCUT2D eigenvalue weighted by Gasteiger charge is 2.53. The minimum absolute atomic E-state index is 0.790. The first-order valence-corrected chi connectivity index (χ1v) is 13.6. The molecule has 3 saturated carbocycles. The predicted octanol–water partition coefficient (Wildman–Crippen LogP) is 7.48. The van der Waals surface area contributed by atoms with Crippen molar-refractivity contribution in [2.24, 2.45) is 0 Å². The molecule has 140 valence electrons. The van der Waals surface area contributed by atoms with Gasteiger partial charge < -0.3 is 0 Å². The molecule has 0 amide bonds. The van der Waals surface area contributed by atoms with E-state index in [-0.39, 0.29) is 0 Å². The zero-order chi connectivity index (χ0) is 17.8. The maximum Gasteiger partial charge on any atom is 0.366 e. The molecule has 2 radical (unpaired) electrons. The summed E-state index contributed by atoms with van der Waals surface area (Å²) in [6.45, 7) is 0. The van der Waals surface area contributed by atoms with Crippen molar-refractivity contribution in [1.82, 2.24) is 0 Å². The van der Waals surface area contributed by atoms with Crippen LogP contribution in [0.3, 0.4) is 0 Å². The maximum absolute atomic E-state index is 7.62. The van der Waals surface area contributed by atoms with Gasteiger partial charge in [-0.3, -0.25) is 0 Å². The Labute approximate surface area is 163 Å². The Morgan fingerprint density at radius 2 is 1.04 bits per heavy atom. The Bertz CT molecular complexity index is 519. The van der Waals surface area contributed by atoms with Gasteiger partial charge in [0.15, 0.2) is 0 Å². The molecule has 0 unspecified atom stereocenters. The largest absolute Gasteiger partial charge is 0.366 e. The third kappa shape index (κ3) is 3.94. The number of benzene rings is 1. The van der Waals surface area contributed by atoms with Gasteiger partial charge >= 0.3 is 7.57 Å². The molecular weight excluding hydrogens is 330 g/mol. The van der Waals surface area contributed by atoms with Crippen molar-refractivity contribution in [3.63, 3.8) is 0 Å². The molecular formula is C24H37BP+. The Balaban J connectivity index is 1.49. The smallest absolute Gasteiger partial charge is 0.0622 e. The van der Waals surface area contributed by atoms with E-state index in [2.05, 4.69) is 30.3 Å². The van der Waals surface area contributed by atoms with Gasteiger partial charge in [-0.05, 0) is 95.7 Å². The van der Waals surface area contributed by atoms with Crippen molar-refractivity contribution in [2.45, 2.75) is 113 Å². The Morgan fingerprint density at radius 1 is 0.577 bits per heavy atom. The quantitative estimate of drug-likeness (QED) is 0.382. The molecule has 0 aromatic heterocycles. The molecule has 1 aromatic carbocycles. The van der Waals surface area contributed by atoms with Crippen LogP contribution in [0.2, 0.25) is 0 Å². The molecule has 0 aliphatic heterocycles. The van der Waals surface area contributed by atoms with Crippen LogP contribution in [0.5, 0.6) is 0 Å². The predicted molar refractivity (Wildman–Crippen MR) is 118 cm³/mol. The van der Waals surface area contributed by atoms with Gasteiger partial charge in [0.1, 0.15) is 0 Å². The highest BCUT2D eigenvalue weighted by molar-refractivity contribution is 7.99. The van der Waals surface area contributed by atoms with E-state index in [0.717, 1.165) is 22.9 Å². The molecule has 0 heterocycles. The van der Waals surface area contributed by atoms with Gasteiger partial charge in [0, 0.05) is 0 Å². The summed E-state index contributed by atoms with van der Waals surface area (Å²) in [5.41, 5.74) is 4.28. The van der Waals surface area contributed by atoms with Crippen LogP contribution in [0.15, 0.2) is 30.3 Å². The molecule has 1 aromatic rings. The van der Waals surface area contributed by atoms with Crippen LogP contribution >= 0.6 is 7.14 Å². The van der Waals surface area contributed by atoms with Gasteiger partial charge in [-0.25, -0.2) is 0 Å². The average molecular weight is 367 g/mol. The number of hydrogen-bond acceptors (Lipinski definition) is 0. The van der Waals surface area contributed by atoms with Crippen molar-refractivity contribution in [1.29, 1.82) is 0 Å². The third-order valence-electron chi connectivity index (χ3n) is 8.01. The van der Waals surface area contributed by atoms with E-state index < -0.39 is 7.14 Å². The molecule has 2 heteroatoms. The molecule has 0 nitrogen and oxygen atoms in total. The highest BCUT2D eigenvalue weighted by atomic mass is 31.2. The lowest BCUT2D eigenvalue weighted by Crippen LogP contribution is -2.36. The number of hydrogen-bond donors (Lipinski definition) is 0. The summed E-state index contributed by atoms with van der Waals surface area (Å²) in [7, 11) is 6.30. The van der Waals surface area contributed by atoms with Gasteiger partial charge in [-0.1, -0.05) is 43.2 Å². The van der Waals surface area contributed by atoms with E-state index >= 15 is 0 Å². The van der Waals surface area contributed by atoms with E-state index in [9.17, 15) is 0 Å². The minimum atomic E-state index is -1.31. The van der Waals surface area contributed by atoms with Crippen molar-refractivity contribution >= 4 is 14.7 Å². The standard InChI is InChI=1S/C24H37BP/c25-26(22-12-6-2-7-13-22,23-14-8-3-9-15-23)24-18-16-21(17-19-24)20-10-4-1-5-11-20/h1,4-5,10-11,21-24H,2-3,6-9,12-19H2/q+1. The van der Waals surface area contributed by atoms with Gasteiger partial charge in [-0.15, -0.1) is 0 Å². The minimum Gasteiger partial charge on any atom is -0.0622 e. The monoisotopic (exact) mass is 367 g/mol. The molecule has 0 bridgehead atoms. The molecule has 3 aliphatic carbocycles. The van der Waals surface area contributed by atoms with Gasteiger partial charge in [0.25, 0.3) is 0 Å². The van der Waals surface area contributed by atoms with E-state index in [4.69, 9.17) is 7.57 Å². The van der Waals surface area contributed by atoms with Crippen LogP contribution in [0.25, 0.3) is 0 Å². The summed E-state index contributed by atoms with van der Waals surface area (Å²) in [5.74, 6) is 0.790. The second-order valence-electron chi connectivity index (χ2n) is 9.39. The van der Waals surface area contributed by atoms with Crippen molar-refractivity contribution in [3.8, 4) is 0 Å². The van der Waals surface area contributed by atoms with Crippen LogP contribution in [0.4, 0.5) is 0 Å². The molecule has 3 fully saturated rings. The Kier molecular flexibility index (Phi) is 6.46.